The monoisotopic (exact) mass is 484 g/mol. The van der Waals surface area contributed by atoms with Crippen LogP contribution in [0.15, 0.2) is 47.4 Å². The minimum absolute atomic E-state index is 0.0622. The van der Waals surface area contributed by atoms with Crippen molar-refractivity contribution in [3.63, 3.8) is 0 Å². The van der Waals surface area contributed by atoms with Crippen LogP contribution in [0.1, 0.15) is 64.0 Å². The van der Waals surface area contributed by atoms with Gasteiger partial charge in [-0.05, 0) is 60.9 Å². The number of ether oxygens (including phenoxy) is 1. The van der Waals surface area contributed by atoms with Crippen molar-refractivity contribution in [1.29, 1.82) is 0 Å². The van der Waals surface area contributed by atoms with Crippen molar-refractivity contribution in [3.05, 3.63) is 53.6 Å². The first-order valence-electron chi connectivity index (χ1n) is 12.2. The summed E-state index contributed by atoms with van der Waals surface area (Å²) >= 11 is 0. The lowest BCUT2D eigenvalue weighted by molar-refractivity contribution is -0.128. The molecule has 1 atom stereocenters. The van der Waals surface area contributed by atoms with Gasteiger partial charge in [0.1, 0.15) is 5.75 Å². The van der Waals surface area contributed by atoms with Crippen LogP contribution in [0.5, 0.6) is 5.75 Å². The summed E-state index contributed by atoms with van der Waals surface area (Å²) in [6.07, 6.45) is 5.00. The molecule has 1 heterocycles. The maximum atomic E-state index is 13.7. The maximum absolute atomic E-state index is 13.7. The average molecular weight is 485 g/mol. The molecule has 1 aliphatic heterocycles. The molecular weight excluding hydrogens is 448 g/mol. The van der Waals surface area contributed by atoms with Crippen LogP contribution in [-0.2, 0) is 20.2 Å². The highest BCUT2D eigenvalue weighted by molar-refractivity contribution is 7.92. The average Bonchev–Trinajstić information content (AvgIpc) is 2.81. The van der Waals surface area contributed by atoms with Gasteiger partial charge in [-0.3, -0.25) is 9.10 Å². The molecule has 2 aliphatic rings. The molecule has 1 N–H and O–H groups in total. The number of fused-ring (bicyclic) bond motifs is 1. The Balaban J connectivity index is 1.65. The summed E-state index contributed by atoms with van der Waals surface area (Å²) in [4.78, 5) is 13.3. The second-order valence-electron chi connectivity index (χ2n) is 10.6. The third kappa shape index (κ3) is 5.24. The van der Waals surface area contributed by atoms with Gasteiger partial charge in [-0.2, -0.15) is 0 Å². The first kappa shape index (κ1) is 24.6. The lowest BCUT2D eigenvalue weighted by Crippen LogP contribution is -2.51. The Labute approximate surface area is 203 Å². The van der Waals surface area contributed by atoms with Crippen LogP contribution in [0.3, 0.4) is 0 Å². The Morgan fingerprint density at radius 1 is 1.06 bits per heavy atom. The maximum Gasteiger partial charge on any atom is 0.264 e. The lowest BCUT2D eigenvalue weighted by Gasteiger charge is -2.36. The van der Waals surface area contributed by atoms with Gasteiger partial charge in [-0.1, -0.05) is 63.8 Å². The van der Waals surface area contributed by atoms with Crippen LogP contribution >= 0.6 is 0 Å². The molecule has 1 aliphatic carbocycles. The molecule has 34 heavy (non-hydrogen) atoms. The van der Waals surface area contributed by atoms with Crippen LogP contribution in [0.2, 0.25) is 0 Å². The molecule has 184 valence electrons. The van der Waals surface area contributed by atoms with E-state index in [-0.39, 0.29) is 22.8 Å². The topological polar surface area (TPSA) is 75.7 Å². The SMILES string of the molecule is Cc1ccc(S(=O)(=O)N2C[C@@H](C(=O)NCC3CCCCC3)Oc3ccc(C(C)(C)C)cc32)cc1. The van der Waals surface area contributed by atoms with Crippen molar-refractivity contribution in [2.75, 3.05) is 17.4 Å². The van der Waals surface area contributed by atoms with E-state index < -0.39 is 16.1 Å². The van der Waals surface area contributed by atoms with Gasteiger partial charge in [-0.15, -0.1) is 0 Å². The number of carbonyl (C=O) groups is 1. The molecule has 0 aromatic heterocycles. The smallest absolute Gasteiger partial charge is 0.264 e. The van der Waals surface area contributed by atoms with E-state index in [9.17, 15) is 13.2 Å². The van der Waals surface area contributed by atoms with Gasteiger partial charge in [0.25, 0.3) is 15.9 Å². The fraction of sp³-hybridized carbons (Fsp3) is 0.519. The van der Waals surface area contributed by atoms with Gasteiger partial charge in [-0.25, -0.2) is 8.42 Å². The Morgan fingerprint density at radius 3 is 2.38 bits per heavy atom. The summed E-state index contributed by atoms with van der Waals surface area (Å²) in [6.45, 7) is 8.71. The van der Waals surface area contributed by atoms with E-state index >= 15 is 0 Å². The molecule has 4 rings (SSSR count). The fourth-order valence-electron chi connectivity index (χ4n) is 4.67. The molecule has 0 bridgehead atoms. The molecule has 1 saturated carbocycles. The summed E-state index contributed by atoms with van der Waals surface area (Å²) in [7, 11) is -3.88. The zero-order valence-electron chi connectivity index (χ0n) is 20.6. The van der Waals surface area contributed by atoms with E-state index in [4.69, 9.17) is 4.74 Å². The number of anilines is 1. The summed E-state index contributed by atoms with van der Waals surface area (Å²) < 4.78 is 34.9. The van der Waals surface area contributed by atoms with Crippen LogP contribution in [0, 0.1) is 12.8 Å². The lowest BCUT2D eigenvalue weighted by atomic mass is 9.86. The highest BCUT2D eigenvalue weighted by Crippen LogP contribution is 2.40. The number of carbonyl (C=O) groups excluding carboxylic acids is 1. The standard InChI is InChI=1S/C27H36N2O4S/c1-19-10-13-22(14-11-19)34(31,32)29-18-25(26(30)28-17-20-8-6-5-7-9-20)33-24-15-12-21(16-23(24)29)27(2,3)4/h10-16,20,25H,5-9,17-18H2,1-4H3,(H,28,30)/t25-/m0/s1. The molecule has 2 aromatic rings. The molecule has 1 fully saturated rings. The molecule has 0 spiro atoms. The van der Waals surface area contributed by atoms with Crippen molar-refractivity contribution in [2.45, 2.75) is 76.2 Å². The van der Waals surface area contributed by atoms with E-state index in [0.29, 0.717) is 23.9 Å². The van der Waals surface area contributed by atoms with E-state index in [2.05, 4.69) is 26.1 Å². The molecule has 6 nitrogen and oxygen atoms in total. The first-order chi connectivity index (χ1) is 16.1. The quantitative estimate of drug-likeness (QED) is 0.652. The zero-order chi connectivity index (χ0) is 24.5. The number of sulfonamides is 1. The Bertz CT molecular complexity index is 1130. The van der Waals surface area contributed by atoms with Crippen molar-refractivity contribution in [1.82, 2.24) is 5.32 Å². The number of nitrogens with one attached hydrogen (secondary N) is 1. The number of nitrogens with zero attached hydrogens (tertiary/aromatic N) is 1. The number of amides is 1. The van der Waals surface area contributed by atoms with Crippen molar-refractivity contribution in [3.8, 4) is 5.75 Å². The molecule has 0 saturated heterocycles. The van der Waals surface area contributed by atoms with Crippen LogP contribution < -0.4 is 14.4 Å². The van der Waals surface area contributed by atoms with Gasteiger partial charge in [0.2, 0.25) is 0 Å². The molecule has 2 aromatic carbocycles. The third-order valence-corrected chi connectivity index (χ3v) is 8.68. The van der Waals surface area contributed by atoms with Crippen LogP contribution in [0.4, 0.5) is 5.69 Å². The van der Waals surface area contributed by atoms with Crippen LogP contribution in [0.25, 0.3) is 0 Å². The van der Waals surface area contributed by atoms with E-state index in [0.717, 1.165) is 24.0 Å². The predicted molar refractivity (Wildman–Crippen MR) is 135 cm³/mol. The molecule has 0 unspecified atom stereocenters. The second-order valence-corrected chi connectivity index (χ2v) is 12.5. The summed E-state index contributed by atoms with van der Waals surface area (Å²) in [6, 6.07) is 12.4. The number of hydrogen-bond donors (Lipinski definition) is 1. The van der Waals surface area contributed by atoms with Crippen molar-refractivity contribution >= 4 is 21.6 Å². The minimum atomic E-state index is -3.88. The summed E-state index contributed by atoms with van der Waals surface area (Å²) in [5.41, 5.74) is 2.29. The summed E-state index contributed by atoms with van der Waals surface area (Å²) in [5.74, 6) is 0.628. The fourth-order valence-corrected chi connectivity index (χ4v) is 6.14. The van der Waals surface area contributed by atoms with Crippen molar-refractivity contribution < 1.29 is 17.9 Å². The van der Waals surface area contributed by atoms with E-state index in [1.807, 2.05) is 19.1 Å². The van der Waals surface area contributed by atoms with E-state index in [1.54, 1.807) is 30.3 Å². The van der Waals surface area contributed by atoms with Gasteiger partial charge in [0.15, 0.2) is 6.10 Å². The number of rotatable bonds is 5. The molecular formula is C27H36N2O4S. The number of benzene rings is 2. The second kappa shape index (κ2) is 9.61. The minimum Gasteiger partial charge on any atom is -0.476 e. The van der Waals surface area contributed by atoms with Crippen molar-refractivity contribution in [2.24, 2.45) is 5.92 Å². The summed E-state index contributed by atoms with van der Waals surface area (Å²) in [5, 5.41) is 3.02. The molecule has 0 radical (unpaired) electrons. The zero-order valence-corrected chi connectivity index (χ0v) is 21.5. The molecule has 7 heteroatoms. The molecule has 1 amide bonds. The van der Waals surface area contributed by atoms with Crippen LogP contribution in [-0.4, -0.2) is 33.5 Å². The highest BCUT2D eigenvalue weighted by atomic mass is 32.2. The van der Waals surface area contributed by atoms with Gasteiger partial charge >= 0.3 is 0 Å². The van der Waals surface area contributed by atoms with E-state index in [1.165, 1.54) is 23.6 Å². The van der Waals surface area contributed by atoms with Gasteiger partial charge in [0.05, 0.1) is 17.1 Å². The first-order valence-corrected chi connectivity index (χ1v) is 13.7. The van der Waals surface area contributed by atoms with Gasteiger partial charge < -0.3 is 10.1 Å². The number of aryl methyl sites for hydroxylation is 1. The highest BCUT2D eigenvalue weighted by Gasteiger charge is 2.38. The Morgan fingerprint density at radius 2 is 1.74 bits per heavy atom. The predicted octanol–water partition coefficient (Wildman–Crippen LogP) is 4.95. The Hall–Kier alpha value is -2.54. The number of hydrogen-bond acceptors (Lipinski definition) is 4. The normalized spacial score (nSPS) is 19.3. The third-order valence-electron chi connectivity index (χ3n) is 6.89. The largest absolute Gasteiger partial charge is 0.476 e. The van der Waals surface area contributed by atoms with Gasteiger partial charge in [0, 0.05) is 6.54 Å². The Kier molecular flexibility index (Phi) is 6.94.